The van der Waals surface area contributed by atoms with Gasteiger partial charge in [-0.15, -0.1) is 0 Å². The van der Waals surface area contributed by atoms with Crippen LogP contribution in [0.25, 0.3) is 11.2 Å². The van der Waals surface area contributed by atoms with E-state index in [1.165, 1.54) is 29.6 Å². The first kappa shape index (κ1) is 16.0. The first-order valence-electron chi connectivity index (χ1n) is 7.14. The third-order valence-corrected chi connectivity index (χ3v) is 3.81. The van der Waals surface area contributed by atoms with Crippen LogP contribution >= 0.6 is 0 Å². The number of unbranched alkanes of at least 4 members (excludes halogenated alkanes) is 1. The average Bonchev–Trinajstić information content (AvgIpc) is 2.95. The van der Waals surface area contributed by atoms with E-state index in [-0.39, 0.29) is 11.2 Å². The van der Waals surface area contributed by atoms with Crippen LogP contribution in [-0.2, 0) is 23.6 Å². The standard InChI is InChI=1S/C14H20N4O4/c1-5-6-7-9(13(20)22-4)18-8-15-11-10(18)12(19)17(3)14(21)16(11)2/h8-9H,5-7H2,1-4H3. The number of rotatable bonds is 5. The number of hydrogen-bond donors (Lipinski definition) is 0. The highest BCUT2D eigenvalue weighted by Gasteiger charge is 2.25. The highest BCUT2D eigenvalue weighted by Crippen LogP contribution is 2.20. The molecule has 22 heavy (non-hydrogen) atoms. The Labute approximate surface area is 126 Å². The number of hydrogen-bond acceptors (Lipinski definition) is 5. The minimum Gasteiger partial charge on any atom is -0.467 e. The normalized spacial score (nSPS) is 12.5. The first-order valence-corrected chi connectivity index (χ1v) is 7.14. The van der Waals surface area contributed by atoms with Crippen molar-refractivity contribution in [1.82, 2.24) is 18.7 Å². The van der Waals surface area contributed by atoms with Gasteiger partial charge >= 0.3 is 11.7 Å². The van der Waals surface area contributed by atoms with Gasteiger partial charge < -0.3 is 9.30 Å². The smallest absolute Gasteiger partial charge is 0.332 e. The minimum atomic E-state index is -0.625. The number of aromatic nitrogens is 4. The van der Waals surface area contributed by atoms with Gasteiger partial charge in [-0.1, -0.05) is 19.8 Å². The largest absolute Gasteiger partial charge is 0.467 e. The van der Waals surface area contributed by atoms with E-state index in [4.69, 9.17) is 4.74 Å². The lowest BCUT2D eigenvalue weighted by atomic mass is 10.1. The fraction of sp³-hybridized carbons (Fsp3) is 0.571. The van der Waals surface area contributed by atoms with Crippen molar-refractivity contribution >= 4 is 17.1 Å². The Balaban J connectivity index is 2.72. The second kappa shape index (κ2) is 6.17. The molecule has 2 aromatic heterocycles. The summed E-state index contributed by atoms with van der Waals surface area (Å²) < 4.78 is 8.66. The maximum absolute atomic E-state index is 12.4. The van der Waals surface area contributed by atoms with E-state index in [1.807, 2.05) is 6.92 Å². The van der Waals surface area contributed by atoms with Gasteiger partial charge in [-0.3, -0.25) is 13.9 Å². The van der Waals surface area contributed by atoms with Crippen molar-refractivity contribution in [2.24, 2.45) is 14.1 Å². The number of methoxy groups -OCH3 is 1. The third kappa shape index (κ3) is 2.44. The molecule has 0 radical (unpaired) electrons. The van der Waals surface area contributed by atoms with Crippen molar-refractivity contribution in [1.29, 1.82) is 0 Å². The monoisotopic (exact) mass is 308 g/mol. The second-order valence-electron chi connectivity index (χ2n) is 5.21. The summed E-state index contributed by atoms with van der Waals surface area (Å²) in [5, 5.41) is 0. The molecule has 120 valence electrons. The number of fused-ring (bicyclic) bond motifs is 1. The number of carbonyl (C=O) groups is 1. The van der Waals surface area contributed by atoms with Gasteiger partial charge in [-0.25, -0.2) is 14.6 Å². The Morgan fingerprint density at radius 1 is 1.32 bits per heavy atom. The van der Waals surface area contributed by atoms with Crippen LogP contribution in [0.3, 0.4) is 0 Å². The van der Waals surface area contributed by atoms with Crippen molar-refractivity contribution in [2.45, 2.75) is 32.2 Å². The summed E-state index contributed by atoms with van der Waals surface area (Å²) in [5.41, 5.74) is -0.429. The van der Waals surface area contributed by atoms with E-state index in [0.29, 0.717) is 6.42 Å². The molecule has 8 nitrogen and oxygen atoms in total. The Morgan fingerprint density at radius 3 is 2.59 bits per heavy atom. The summed E-state index contributed by atoms with van der Waals surface area (Å²) in [6.07, 6.45) is 3.69. The molecule has 0 saturated carbocycles. The van der Waals surface area contributed by atoms with Crippen LogP contribution in [0, 0.1) is 0 Å². The van der Waals surface area contributed by atoms with E-state index >= 15 is 0 Å². The molecule has 2 heterocycles. The van der Waals surface area contributed by atoms with E-state index in [9.17, 15) is 14.4 Å². The molecule has 2 rings (SSSR count). The van der Waals surface area contributed by atoms with Gasteiger partial charge in [0.05, 0.1) is 13.4 Å². The van der Waals surface area contributed by atoms with E-state index < -0.39 is 23.3 Å². The van der Waals surface area contributed by atoms with Crippen LogP contribution in [0.2, 0.25) is 0 Å². The molecule has 1 atom stereocenters. The fourth-order valence-electron chi connectivity index (χ4n) is 2.50. The molecule has 0 fully saturated rings. The lowest BCUT2D eigenvalue weighted by Crippen LogP contribution is -2.38. The maximum Gasteiger partial charge on any atom is 0.332 e. The van der Waals surface area contributed by atoms with Crippen LogP contribution in [0.1, 0.15) is 32.2 Å². The number of imidazole rings is 1. The van der Waals surface area contributed by atoms with Gasteiger partial charge in [0.2, 0.25) is 0 Å². The third-order valence-electron chi connectivity index (χ3n) is 3.81. The lowest BCUT2D eigenvalue weighted by molar-refractivity contribution is -0.144. The summed E-state index contributed by atoms with van der Waals surface area (Å²) >= 11 is 0. The summed E-state index contributed by atoms with van der Waals surface area (Å²) in [6.45, 7) is 2.02. The van der Waals surface area contributed by atoms with Crippen LogP contribution in [0.4, 0.5) is 0 Å². The zero-order valence-corrected chi connectivity index (χ0v) is 13.2. The summed E-state index contributed by atoms with van der Waals surface area (Å²) in [6, 6.07) is -0.625. The van der Waals surface area contributed by atoms with Crippen molar-refractivity contribution in [3.8, 4) is 0 Å². The highest BCUT2D eigenvalue weighted by atomic mass is 16.5. The van der Waals surface area contributed by atoms with Crippen molar-refractivity contribution in [2.75, 3.05) is 7.11 Å². The molecule has 0 saturated heterocycles. The van der Waals surface area contributed by atoms with Crippen molar-refractivity contribution in [3.05, 3.63) is 27.2 Å². The number of nitrogens with zero attached hydrogens (tertiary/aromatic N) is 4. The number of carbonyl (C=O) groups excluding carboxylic acids is 1. The zero-order valence-electron chi connectivity index (χ0n) is 13.2. The molecule has 0 aromatic carbocycles. The molecule has 2 aromatic rings. The fourth-order valence-corrected chi connectivity index (χ4v) is 2.50. The van der Waals surface area contributed by atoms with Crippen LogP contribution in [0.15, 0.2) is 15.9 Å². The van der Waals surface area contributed by atoms with E-state index in [2.05, 4.69) is 4.98 Å². The molecule has 0 aliphatic carbocycles. The number of ether oxygens (including phenoxy) is 1. The number of aryl methyl sites for hydroxylation is 1. The van der Waals surface area contributed by atoms with Gasteiger partial charge in [-0.2, -0.15) is 0 Å². The predicted octanol–water partition coefficient (Wildman–Crippen LogP) is 0.338. The molecule has 0 N–H and O–H groups in total. The van der Waals surface area contributed by atoms with Crippen LogP contribution < -0.4 is 11.2 Å². The van der Waals surface area contributed by atoms with E-state index in [1.54, 1.807) is 7.05 Å². The highest BCUT2D eigenvalue weighted by molar-refractivity contribution is 5.78. The maximum atomic E-state index is 12.4. The SMILES string of the molecule is CCCCC(C(=O)OC)n1cnc2c1c(=O)n(C)c(=O)n2C. The predicted molar refractivity (Wildman–Crippen MR) is 80.8 cm³/mol. The summed E-state index contributed by atoms with van der Waals surface area (Å²) in [5.74, 6) is -0.427. The Morgan fingerprint density at radius 2 is 2.00 bits per heavy atom. The Hall–Kier alpha value is -2.38. The minimum absolute atomic E-state index is 0.233. The molecule has 8 heteroatoms. The average molecular weight is 308 g/mol. The van der Waals surface area contributed by atoms with Gasteiger partial charge in [-0.05, 0) is 6.42 Å². The molecule has 0 amide bonds. The second-order valence-corrected chi connectivity index (χ2v) is 5.21. The van der Waals surface area contributed by atoms with Crippen LogP contribution in [0.5, 0.6) is 0 Å². The van der Waals surface area contributed by atoms with Gasteiger partial charge in [0.25, 0.3) is 5.56 Å². The molecule has 1 unspecified atom stereocenters. The van der Waals surface area contributed by atoms with Crippen molar-refractivity contribution in [3.63, 3.8) is 0 Å². The molecule has 0 aliphatic rings. The van der Waals surface area contributed by atoms with E-state index in [0.717, 1.165) is 17.4 Å². The first-order chi connectivity index (χ1) is 10.4. The molecule has 0 aliphatic heterocycles. The Kier molecular flexibility index (Phi) is 4.48. The topological polar surface area (TPSA) is 88.1 Å². The quantitative estimate of drug-likeness (QED) is 0.743. The summed E-state index contributed by atoms with van der Waals surface area (Å²) in [4.78, 5) is 40.5. The molecular weight excluding hydrogens is 288 g/mol. The molecular formula is C14H20N4O4. The number of esters is 1. The summed E-state index contributed by atoms with van der Waals surface area (Å²) in [7, 11) is 4.26. The molecule has 0 bridgehead atoms. The van der Waals surface area contributed by atoms with Crippen LogP contribution in [-0.4, -0.2) is 31.8 Å². The van der Waals surface area contributed by atoms with Gasteiger partial charge in [0.15, 0.2) is 11.2 Å². The Bertz CT molecular complexity index is 815. The lowest BCUT2D eigenvalue weighted by Gasteiger charge is -2.16. The van der Waals surface area contributed by atoms with Gasteiger partial charge in [0, 0.05) is 14.1 Å². The molecule has 0 spiro atoms. The zero-order chi connectivity index (χ0) is 16.4. The van der Waals surface area contributed by atoms with Gasteiger partial charge in [0.1, 0.15) is 6.04 Å². The van der Waals surface area contributed by atoms with Crippen molar-refractivity contribution < 1.29 is 9.53 Å².